The Bertz CT molecular complexity index is 471. The number of nitrogens with one attached hydrogen (secondary N) is 2. The van der Waals surface area contributed by atoms with E-state index in [0.717, 1.165) is 18.5 Å². The second-order valence-corrected chi connectivity index (χ2v) is 5.32. The Kier molecular flexibility index (Phi) is 5.87. The van der Waals surface area contributed by atoms with Gasteiger partial charge in [-0.2, -0.15) is 0 Å². The van der Waals surface area contributed by atoms with Gasteiger partial charge in [-0.05, 0) is 37.1 Å². The van der Waals surface area contributed by atoms with Crippen LogP contribution in [0.1, 0.15) is 31.2 Å². The minimum atomic E-state index is 0.0872. The molecule has 1 amide bonds. The molecule has 0 bridgehead atoms. The van der Waals surface area contributed by atoms with Crippen LogP contribution in [-0.4, -0.2) is 32.7 Å². The lowest BCUT2D eigenvalue weighted by molar-refractivity contribution is -0.121. The van der Waals surface area contributed by atoms with Crippen molar-refractivity contribution in [2.45, 2.75) is 38.3 Å². The number of rotatable bonds is 6. The zero-order valence-electron chi connectivity index (χ0n) is 12.8. The lowest BCUT2D eigenvalue weighted by Crippen LogP contribution is -2.38. The molecule has 1 fully saturated rings. The molecular weight excluding hydrogens is 268 g/mol. The van der Waals surface area contributed by atoms with Gasteiger partial charge in [-0.3, -0.25) is 4.79 Å². The molecule has 0 aromatic heterocycles. The van der Waals surface area contributed by atoms with Crippen molar-refractivity contribution < 1.29 is 14.3 Å². The van der Waals surface area contributed by atoms with Gasteiger partial charge in [-0.25, -0.2) is 0 Å². The zero-order chi connectivity index (χ0) is 15.1. The lowest BCUT2D eigenvalue weighted by Gasteiger charge is -2.22. The van der Waals surface area contributed by atoms with E-state index in [9.17, 15) is 4.79 Å². The number of methoxy groups -OCH3 is 2. The zero-order valence-corrected chi connectivity index (χ0v) is 12.8. The SMILES string of the molecule is COc1ccc(CNC(=O)CC2CCCCN2)cc1OC. The third kappa shape index (κ3) is 4.63. The van der Waals surface area contributed by atoms with Crippen LogP contribution >= 0.6 is 0 Å². The van der Waals surface area contributed by atoms with Crippen molar-refractivity contribution in [1.29, 1.82) is 0 Å². The summed E-state index contributed by atoms with van der Waals surface area (Å²) in [6, 6.07) is 5.99. The van der Waals surface area contributed by atoms with Crippen LogP contribution in [0.2, 0.25) is 0 Å². The predicted octanol–water partition coefficient (Wildman–Crippen LogP) is 1.85. The fourth-order valence-corrected chi connectivity index (χ4v) is 2.59. The second kappa shape index (κ2) is 7.88. The summed E-state index contributed by atoms with van der Waals surface area (Å²) in [6.07, 6.45) is 4.06. The molecule has 1 unspecified atom stereocenters. The van der Waals surface area contributed by atoms with Crippen molar-refractivity contribution in [1.82, 2.24) is 10.6 Å². The van der Waals surface area contributed by atoms with Gasteiger partial charge < -0.3 is 20.1 Å². The first-order valence-electron chi connectivity index (χ1n) is 7.44. The van der Waals surface area contributed by atoms with Crippen LogP contribution in [0.25, 0.3) is 0 Å². The third-order valence-corrected chi connectivity index (χ3v) is 3.78. The predicted molar refractivity (Wildman–Crippen MR) is 81.7 cm³/mol. The van der Waals surface area contributed by atoms with Crippen LogP contribution in [0, 0.1) is 0 Å². The van der Waals surface area contributed by atoms with Crippen LogP contribution < -0.4 is 20.1 Å². The largest absolute Gasteiger partial charge is 0.493 e. The molecule has 5 nitrogen and oxygen atoms in total. The molecule has 2 N–H and O–H groups in total. The van der Waals surface area contributed by atoms with Gasteiger partial charge in [-0.15, -0.1) is 0 Å². The molecule has 21 heavy (non-hydrogen) atoms. The van der Waals surface area contributed by atoms with Gasteiger partial charge in [-0.1, -0.05) is 12.5 Å². The highest BCUT2D eigenvalue weighted by Gasteiger charge is 2.16. The molecule has 1 saturated heterocycles. The second-order valence-electron chi connectivity index (χ2n) is 5.32. The van der Waals surface area contributed by atoms with E-state index < -0.39 is 0 Å². The molecule has 1 heterocycles. The van der Waals surface area contributed by atoms with E-state index in [1.807, 2.05) is 18.2 Å². The van der Waals surface area contributed by atoms with Crippen molar-refractivity contribution in [3.8, 4) is 11.5 Å². The van der Waals surface area contributed by atoms with E-state index >= 15 is 0 Å². The quantitative estimate of drug-likeness (QED) is 0.840. The average Bonchev–Trinajstić information content (AvgIpc) is 2.53. The van der Waals surface area contributed by atoms with E-state index in [0.29, 0.717) is 30.5 Å². The van der Waals surface area contributed by atoms with Crippen LogP contribution in [0.4, 0.5) is 0 Å². The standard InChI is InChI=1S/C16H24N2O3/c1-20-14-7-6-12(9-15(14)21-2)11-18-16(19)10-13-5-3-4-8-17-13/h6-7,9,13,17H,3-5,8,10-11H2,1-2H3,(H,18,19). The van der Waals surface area contributed by atoms with E-state index in [2.05, 4.69) is 10.6 Å². The molecular formula is C16H24N2O3. The van der Waals surface area contributed by atoms with Gasteiger partial charge in [0.25, 0.3) is 0 Å². The van der Waals surface area contributed by atoms with Gasteiger partial charge in [0, 0.05) is 19.0 Å². The number of piperidine rings is 1. The molecule has 1 atom stereocenters. The number of amides is 1. The summed E-state index contributed by atoms with van der Waals surface area (Å²) in [7, 11) is 3.21. The first-order chi connectivity index (χ1) is 10.2. The van der Waals surface area contributed by atoms with E-state index in [4.69, 9.17) is 9.47 Å². The van der Waals surface area contributed by atoms with Crippen molar-refractivity contribution >= 4 is 5.91 Å². The Balaban J connectivity index is 1.83. The average molecular weight is 292 g/mol. The molecule has 1 aliphatic rings. The number of hydrogen-bond acceptors (Lipinski definition) is 4. The highest BCUT2D eigenvalue weighted by Crippen LogP contribution is 2.27. The molecule has 1 aromatic rings. The van der Waals surface area contributed by atoms with E-state index in [1.54, 1.807) is 14.2 Å². The Labute approximate surface area is 126 Å². The van der Waals surface area contributed by atoms with E-state index in [1.165, 1.54) is 12.8 Å². The number of hydrogen-bond donors (Lipinski definition) is 2. The maximum Gasteiger partial charge on any atom is 0.221 e. The summed E-state index contributed by atoms with van der Waals surface area (Å²) in [5, 5.41) is 6.34. The van der Waals surface area contributed by atoms with Gasteiger partial charge in [0.05, 0.1) is 14.2 Å². The molecule has 1 aliphatic heterocycles. The summed E-state index contributed by atoms with van der Waals surface area (Å²) in [6.45, 7) is 1.53. The normalized spacial score (nSPS) is 18.1. The molecule has 0 radical (unpaired) electrons. The Morgan fingerprint density at radius 3 is 2.76 bits per heavy atom. The van der Waals surface area contributed by atoms with Crippen LogP contribution in [0.15, 0.2) is 18.2 Å². The van der Waals surface area contributed by atoms with Crippen molar-refractivity contribution in [2.75, 3.05) is 20.8 Å². The monoisotopic (exact) mass is 292 g/mol. The first-order valence-corrected chi connectivity index (χ1v) is 7.44. The number of benzene rings is 1. The number of ether oxygens (including phenoxy) is 2. The molecule has 0 aliphatic carbocycles. The Morgan fingerprint density at radius 2 is 2.10 bits per heavy atom. The molecule has 2 rings (SSSR count). The maximum absolute atomic E-state index is 12.0. The number of carbonyl (C=O) groups excluding carboxylic acids is 1. The van der Waals surface area contributed by atoms with Gasteiger partial charge >= 0.3 is 0 Å². The Morgan fingerprint density at radius 1 is 1.29 bits per heavy atom. The topological polar surface area (TPSA) is 59.6 Å². The lowest BCUT2D eigenvalue weighted by atomic mass is 10.0. The summed E-state index contributed by atoms with van der Waals surface area (Å²) in [5.41, 5.74) is 0.998. The summed E-state index contributed by atoms with van der Waals surface area (Å²) in [5.74, 6) is 1.46. The van der Waals surface area contributed by atoms with Gasteiger partial charge in [0.15, 0.2) is 11.5 Å². The summed E-state index contributed by atoms with van der Waals surface area (Å²) < 4.78 is 10.5. The van der Waals surface area contributed by atoms with Crippen molar-refractivity contribution in [3.05, 3.63) is 23.8 Å². The first kappa shape index (κ1) is 15.6. The van der Waals surface area contributed by atoms with Gasteiger partial charge in [0.1, 0.15) is 0 Å². The highest BCUT2D eigenvalue weighted by atomic mass is 16.5. The smallest absolute Gasteiger partial charge is 0.221 e. The van der Waals surface area contributed by atoms with Crippen LogP contribution in [0.3, 0.4) is 0 Å². The molecule has 116 valence electrons. The molecule has 5 heteroatoms. The maximum atomic E-state index is 12.0. The van der Waals surface area contributed by atoms with Crippen molar-refractivity contribution in [3.63, 3.8) is 0 Å². The molecule has 0 spiro atoms. The minimum Gasteiger partial charge on any atom is -0.493 e. The van der Waals surface area contributed by atoms with Crippen molar-refractivity contribution in [2.24, 2.45) is 0 Å². The van der Waals surface area contributed by atoms with E-state index in [-0.39, 0.29) is 5.91 Å². The molecule has 1 aromatic carbocycles. The van der Waals surface area contributed by atoms with Crippen LogP contribution in [0.5, 0.6) is 11.5 Å². The third-order valence-electron chi connectivity index (χ3n) is 3.78. The fourth-order valence-electron chi connectivity index (χ4n) is 2.59. The molecule has 0 saturated carbocycles. The number of carbonyl (C=O) groups is 1. The van der Waals surface area contributed by atoms with Gasteiger partial charge in [0.2, 0.25) is 5.91 Å². The Hall–Kier alpha value is -1.75. The summed E-state index contributed by atoms with van der Waals surface area (Å²) >= 11 is 0. The summed E-state index contributed by atoms with van der Waals surface area (Å²) in [4.78, 5) is 12.0. The highest BCUT2D eigenvalue weighted by molar-refractivity contribution is 5.76. The minimum absolute atomic E-state index is 0.0872. The fraction of sp³-hybridized carbons (Fsp3) is 0.562. The van der Waals surface area contributed by atoms with Crippen LogP contribution in [-0.2, 0) is 11.3 Å².